The van der Waals surface area contributed by atoms with E-state index in [4.69, 9.17) is 9.84 Å². The van der Waals surface area contributed by atoms with Gasteiger partial charge in [0.25, 0.3) is 5.91 Å². The second-order valence-electron chi connectivity index (χ2n) is 7.84. The molecule has 0 atom stereocenters. The quantitative estimate of drug-likeness (QED) is 0.271. The number of hydrogen-bond donors (Lipinski definition) is 3. The number of hydrogen-bond acceptors (Lipinski definition) is 5. The van der Waals surface area contributed by atoms with Crippen LogP contribution in [-0.4, -0.2) is 40.2 Å². The summed E-state index contributed by atoms with van der Waals surface area (Å²) in [5.74, 6) is -1.15. The number of nitrogens with zero attached hydrogens (tertiary/aromatic N) is 1. The number of nitrogens with one attached hydrogen (secondary N) is 1. The Labute approximate surface area is 210 Å². The Balaban J connectivity index is 0.00000176. The Kier molecular flexibility index (Phi) is 9.40. The first kappa shape index (κ1) is 26.2. The molecule has 7 heteroatoms. The van der Waals surface area contributed by atoms with Gasteiger partial charge in [-0.25, -0.2) is 4.79 Å². The molecule has 0 bridgehead atoms. The molecular weight excluding hydrogens is 456 g/mol. The zero-order valence-electron chi connectivity index (χ0n) is 20.4. The molecule has 0 saturated carbocycles. The maximum Gasteiger partial charge on any atom is 0.341 e. The van der Waals surface area contributed by atoms with Crippen LogP contribution in [0, 0.1) is 0 Å². The number of rotatable bonds is 9. The summed E-state index contributed by atoms with van der Waals surface area (Å²) in [5.41, 5.74) is 3.27. The number of pyridine rings is 1. The summed E-state index contributed by atoms with van der Waals surface area (Å²) >= 11 is 0. The van der Waals surface area contributed by atoms with Gasteiger partial charge >= 0.3 is 5.97 Å². The van der Waals surface area contributed by atoms with Crippen LogP contribution in [0.3, 0.4) is 0 Å². The molecule has 0 aliphatic carbocycles. The highest BCUT2D eigenvalue weighted by Crippen LogP contribution is 2.33. The highest BCUT2D eigenvalue weighted by Gasteiger charge is 2.13. The molecule has 186 valence electrons. The molecular formula is C29H30N2O5. The smallest absolute Gasteiger partial charge is 0.341 e. The summed E-state index contributed by atoms with van der Waals surface area (Å²) in [4.78, 5) is 28.0. The van der Waals surface area contributed by atoms with Gasteiger partial charge in [0.05, 0.1) is 0 Å². The number of aromatic hydroxyl groups is 1. The molecule has 0 fully saturated rings. The van der Waals surface area contributed by atoms with E-state index >= 15 is 0 Å². The third kappa shape index (κ3) is 7.06. The summed E-state index contributed by atoms with van der Waals surface area (Å²) in [6.07, 6.45) is 3.23. The van der Waals surface area contributed by atoms with Crippen LogP contribution in [0.2, 0.25) is 0 Å². The van der Waals surface area contributed by atoms with Crippen molar-refractivity contribution >= 4 is 22.8 Å². The molecule has 4 rings (SSSR count). The molecule has 3 N–H and O–H groups in total. The fourth-order valence-electron chi connectivity index (χ4n) is 3.71. The Hall–Kier alpha value is -4.39. The fourth-order valence-corrected chi connectivity index (χ4v) is 3.71. The van der Waals surface area contributed by atoms with Gasteiger partial charge in [-0.05, 0) is 65.9 Å². The molecule has 3 aromatic carbocycles. The van der Waals surface area contributed by atoms with Crippen LogP contribution in [-0.2, 0) is 11.2 Å². The van der Waals surface area contributed by atoms with Gasteiger partial charge in [0.15, 0.2) is 6.61 Å². The van der Waals surface area contributed by atoms with E-state index in [-0.39, 0.29) is 17.4 Å². The largest absolute Gasteiger partial charge is 0.506 e. The van der Waals surface area contributed by atoms with Crippen molar-refractivity contribution in [2.24, 2.45) is 0 Å². The number of aliphatic carboxylic acids is 1. The fraction of sp³-hybridized carbons (Fsp3) is 0.207. The third-order valence-corrected chi connectivity index (χ3v) is 5.32. The number of amides is 1. The molecule has 1 amide bonds. The van der Waals surface area contributed by atoms with Gasteiger partial charge in [0.2, 0.25) is 0 Å². The van der Waals surface area contributed by atoms with E-state index in [0.29, 0.717) is 28.8 Å². The van der Waals surface area contributed by atoms with Gasteiger partial charge in [-0.15, -0.1) is 0 Å². The molecule has 0 unspecified atom stereocenters. The van der Waals surface area contributed by atoms with Crippen molar-refractivity contribution in [2.75, 3.05) is 13.2 Å². The van der Waals surface area contributed by atoms with E-state index in [1.54, 1.807) is 30.5 Å². The number of aromatic nitrogens is 1. The molecule has 0 radical (unpaired) electrons. The zero-order chi connectivity index (χ0) is 25.9. The predicted octanol–water partition coefficient (Wildman–Crippen LogP) is 5.46. The van der Waals surface area contributed by atoms with Crippen molar-refractivity contribution in [3.8, 4) is 22.6 Å². The van der Waals surface area contributed by atoms with E-state index in [9.17, 15) is 14.7 Å². The number of phenols is 1. The second kappa shape index (κ2) is 12.9. The summed E-state index contributed by atoms with van der Waals surface area (Å²) in [7, 11) is 0. The van der Waals surface area contributed by atoms with Gasteiger partial charge in [0, 0.05) is 23.7 Å². The lowest BCUT2D eigenvalue weighted by Crippen LogP contribution is -2.25. The van der Waals surface area contributed by atoms with Crippen molar-refractivity contribution in [1.29, 1.82) is 0 Å². The number of carboxylic acid groups (broad SMARTS) is 1. The number of fused-ring (bicyclic) bond motifs is 1. The van der Waals surface area contributed by atoms with Gasteiger partial charge in [0.1, 0.15) is 17.0 Å². The van der Waals surface area contributed by atoms with E-state index in [1.165, 1.54) is 11.6 Å². The number of phenolic OH excluding ortho intramolecular Hbond substituents is 1. The van der Waals surface area contributed by atoms with Gasteiger partial charge in [-0.2, -0.15) is 0 Å². The Morgan fingerprint density at radius 1 is 0.944 bits per heavy atom. The first-order valence-corrected chi connectivity index (χ1v) is 11.9. The SMILES string of the molecule is CC.O=C(O)COc1cc(C(=O)NCCCc2ccccc2)cc(-c2cc(O)c3ncccc3c2)c1. The summed E-state index contributed by atoms with van der Waals surface area (Å²) in [6.45, 7) is 3.96. The molecule has 1 heterocycles. The van der Waals surface area contributed by atoms with Crippen LogP contribution in [0.1, 0.15) is 36.2 Å². The van der Waals surface area contributed by atoms with Gasteiger partial charge < -0.3 is 20.3 Å². The van der Waals surface area contributed by atoms with E-state index in [2.05, 4.69) is 10.3 Å². The van der Waals surface area contributed by atoms with Crippen LogP contribution in [0.25, 0.3) is 22.0 Å². The number of carbonyl (C=O) groups excluding carboxylic acids is 1. The van der Waals surface area contributed by atoms with Crippen molar-refractivity contribution < 1.29 is 24.5 Å². The Morgan fingerprint density at radius 2 is 1.69 bits per heavy atom. The average Bonchev–Trinajstić information content (AvgIpc) is 2.91. The lowest BCUT2D eigenvalue weighted by Gasteiger charge is -2.12. The summed E-state index contributed by atoms with van der Waals surface area (Å²) in [5, 5.41) is 23.1. The topological polar surface area (TPSA) is 109 Å². The molecule has 4 aromatic rings. The van der Waals surface area contributed by atoms with Crippen molar-refractivity contribution in [1.82, 2.24) is 10.3 Å². The van der Waals surface area contributed by atoms with Crippen molar-refractivity contribution in [2.45, 2.75) is 26.7 Å². The molecule has 0 spiro atoms. The molecule has 36 heavy (non-hydrogen) atoms. The molecule has 7 nitrogen and oxygen atoms in total. The predicted molar refractivity (Wildman–Crippen MR) is 140 cm³/mol. The van der Waals surface area contributed by atoms with Crippen LogP contribution >= 0.6 is 0 Å². The maximum absolute atomic E-state index is 12.9. The average molecular weight is 487 g/mol. The number of carboxylic acids is 1. The minimum atomic E-state index is -1.12. The van der Waals surface area contributed by atoms with Crippen LogP contribution in [0.4, 0.5) is 0 Å². The summed E-state index contributed by atoms with van der Waals surface area (Å²) in [6, 6.07) is 21.9. The van der Waals surface area contributed by atoms with E-state index < -0.39 is 12.6 Å². The van der Waals surface area contributed by atoms with E-state index in [1.807, 2.05) is 56.3 Å². The number of carbonyl (C=O) groups is 2. The third-order valence-electron chi connectivity index (χ3n) is 5.32. The highest BCUT2D eigenvalue weighted by molar-refractivity contribution is 5.97. The highest BCUT2D eigenvalue weighted by atomic mass is 16.5. The second-order valence-corrected chi connectivity index (χ2v) is 7.84. The van der Waals surface area contributed by atoms with Crippen LogP contribution in [0.5, 0.6) is 11.5 Å². The monoisotopic (exact) mass is 486 g/mol. The van der Waals surface area contributed by atoms with Crippen molar-refractivity contribution in [3.63, 3.8) is 0 Å². The normalized spacial score (nSPS) is 10.3. The van der Waals surface area contributed by atoms with Crippen LogP contribution < -0.4 is 10.1 Å². The lowest BCUT2D eigenvalue weighted by molar-refractivity contribution is -0.139. The molecule has 0 aliphatic rings. The first-order chi connectivity index (χ1) is 17.5. The Bertz CT molecular complexity index is 1320. The minimum absolute atomic E-state index is 0.0110. The van der Waals surface area contributed by atoms with Gasteiger partial charge in [-0.1, -0.05) is 50.2 Å². The van der Waals surface area contributed by atoms with E-state index in [0.717, 1.165) is 18.2 Å². The number of aryl methyl sites for hydroxylation is 1. The number of ether oxygens (including phenoxy) is 1. The van der Waals surface area contributed by atoms with Crippen molar-refractivity contribution in [3.05, 3.63) is 90.1 Å². The molecule has 0 saturated heterocycles. The number of benzene rings is 3. The van der Waals surface area contributed by atoms with Gasteiger partial charge in [-0.3, -0.25) is 9.78 Å². The lowest BCUT2D eigenvalue weighted by atomic mass is 9.99. The van der Waals surface area contributed by atoms with Crippen LogP contribution in [0.15, 0.2) is 79.0 Å². The summed E-state index contributed by atoms with van der Waals surface area (Å²) < 4.78 is 5.37. The molecule has 0 aliphatic heterocycles. The Morgan fingerprint density at radius 3 is 2.44 bits per heavy atom. The first-order valence-electron chi connectivity index (χ1n) is 11.9. The minimum Gasteiger partial charge on any atom is -0.506 e. The maximum atomic E-state index is 12.9. The standard InChI is InChI=1S/C27H24N2O5.C2H6/c30-24-16-21(12-19-9-5-10-28-26(19)24)20-13-22(15-23(14-20)34-17-25(31)32)27(33)29-11-4-8-18-6-2-1-3-7-18;1-2/h1-3,5-7,9-10,12-16,30H,4,8,11,17H2,(H,29,33)(H,31,32);1-2H3. The molecule has 1 aromatic heterocycles. The zero-order valence-corrected chi connectivity index (χ0v) is 20.4.